The summed E-state index contributed by atoms with van der Waals surface area (Å²) in [6, 6.07) is 8.19. The second-order valence-corrected chi connectivity index (χ2v) is 9.54. The van der Waals surface area contributed by atoms with Gasteiger partial charge in [-0.3, -0.25) is 9.59 Å². The molecule has 1 amide bonds. The van der Waals surface area contributed by atoms with Gasteiger partial charge in [0.05, 0.1) is 37.3 Å². The lowest BCUT2D eigenvalue weighted by Gasteiger charge is -2.23. The molecule has 0 saturated carbocycles. The quantitative estimate of drug-likeness (QED) is 0.472. The van der Waals surface area contributed by atoms with E-state index < -0.39 is 41.6 Å². The Kier molecular flexibility index (Phi) is 7.19. The Morgan fingerprint density at radius 1 is 1.10 bits per heavy atom. The highest BCUT2D eigenvalue weighted by Crippen LogP contribution is 2.39. The second-order valence-electron chi connectivity index (χ2n) is 9.54. The number of halogens is 3. The van der Waals surface area contributed by atoms with Gasteiger partial charge < -0.3 is 29.5 Å². The molecule has 1 saturated heterocycles. The minimum absolute atomic E-state index is 0.0433. The molecule has 0 bridgehead atoms. The third kappa shape index (κ3) is 4.86. The molecule has 1 aromatic heterocycles. The monoisotopic (exact) mass is 560 g/mol. The number of fused-ring (bicyclic) bond motifs is 1. The van der Waals surface area contributed by atoms with Crippen LogP contribution in [0.5, 0.6) is 11.5 Å². The number of aliphatic hydroxyl groups excluding tert-OH is 2. The maximum Gasteiger partial charge on any atom is 0.418 e. The van der Waals surface area contributed by atoms with Crippen LogP contribution >= 0.6 is 0 Å². The van der Waals surface area contributed by atoms with Gasteiger partial charge in [-0.25, -0.2) is 0 Å². The van der Waals surface area contributed by atoms with Gasteiger partial charge in [0, 0.05) is 42.5 Å². The van der Waals surface area contributed by atoms with E-state index in [0.717, 1.165) is 11.0 Å². The molecule has 10 nitrogen and oxygen atoms in total. The number of aliphatic hydroxyl groups is 2. The number of hydrogen-bond acceptors (Lipinski definition) is 8. The fourth-order valence-corrected chi connectivity index (χ4v) is 5.18. The van der Waals surface area contributed by atoms with Crippen LogP contribution in [0.3, 0.4) is 0 Å². The van der Waals surface area contributed by atoms with Gasteiger partial charge in [0.1, 0.15) is 23.8 Å². The van der Waals surface area contributed by atoms with Crippen molar-refractivity contribution in [3.05, 3.63) is 57.9 Å². The summed E-state index contributed by atoms with van der Waals surface area (Å²) in [7, 11) is 2.88. The zero-order valence-corrected chi connectivity index (χ0v) is 21.7. The van der Waals surface area contributed by atoms with Gasteiger partial charge in [0.25, 0.3) is 11.5 Å². The molecule has 0 unspecified atom stereocenters. The fourth-order valence-electron chi connectivity index (χ4n) is 5.18. The number of ether oxygens (including phenoxy) is 2. The minimum atomic E-state index is -4.83. The van der Waals surface area contributed by atoms with E-state index in [1.54, 1.807) is 23.1 Å². The van der Waals surface area contributed by atoms with Crippen LogP contribution in [0.25, 0.3) is 16.9 Å². The predicted molar refractivity (Wildman–Crippen MR) is 139 cm³/mol. The smallest absolute Gasteiger partial charge is 0.418 e. The van der Waals surface area contributed by atoms with Crippen LogP contribution in [0, 0.1) is 0 Å². The van der Waals surface area contributed by atoms with Crippen molar-refractivity contribution < 1.29 is 37.7 Å². The standard InChI is InChI=1S/C27H27F3N4O6/c1-39-18-9-15(10-19(12-18)40-2)24-20-6-8-33(23(37)14-35)25(20)26(38)34(31-24)22-11-16(32-7-5-17(36)13-32)3-4-21(22)27(28,29)30/h3-4,9-12,17,35-36H,5-8,13-14H2,1-2H3/t17-/m0/s1. The molecule has 0 radical (unpaired) electrons. The number of carbonyl (C=O) groups excluding carboxylic acids is 1. The summed E-state index contributed by atoms with van der Waals surface area (Å²) in [4.78, 5) is 29.2. The number of nitrogens with zero attached hydrogens (tertiary/aromatic N) is 4. The predicted octanol–water partition coefficient (Wildman–Crippen LogP) is 2.39. The van der Waals surface area contributed by atoms with E-state index in [9.17, 15) is 33.0 Å². The molecule has 2 aliphatic heterocycles. The number of aromatic nitrogens is 2. The van der Waals surface area contributed by atoms with E-state index in [0.29, 0.717) is 46.0 Å². The summed E-state index contributed by atoms with van der Waals surface area (Å²) < 4.78 is 54.1. The molecule has 3 aromatic rings. The van der Waals surface area contributed by atoms with Gasteiger partial charge in [-0.1, -0.05) is 0 Å². The molecule has 13 heteroatoms. The van der Waals surface area contributed by atoms with E-state index in [1.165, 1.54) is 26.4 Å². The highest BCUT2D eigenvalue weighted by atomic mass is 19.4. The summed E-state index contributed by atoms with van der Waals surface area (Å²) in [5.74, 6) is 0.00244. The maximum absolute atomic E-state index is 14.3. The number of amides is 1. The zero-order valence-electron chi connectivity index (χ0n) is 21.7. The van der Waals surface area contributed by atoms with Gasteiger partial charge in [-0.2, -0.15) is 23.0 Å². The van der Waals surface area contributed by atoms with Crippen LogP contribution < -0.4 is 24.8 Å². The lowest BCUT2D eigenvalue weighted by Crippen LogP contribution is -2.37. The van der Waals surface area contributed by atoms with Gasteiger partial charge in [0.15, 0.2) is 0 Å². The first-order valence-corrected chi connectivity index (χ1v) is 12.5. The Labute approximate surface area is 226 Å². The van der Waals surface area contributed by atoms with Crippen molar-refractivity contribution in [2.24, 2.45) is 0 Å². The Morgan fingerprint density at radius 3 is 2.38 bits per heavy atom. The fraction of sp³-hybridized carbons (Fsp3) is 0.370. The number of methoxy groups -OCH3 is 2. The molecule has 0 aliphatic carbocycles. The zero-order chi connectivity index (χ0) is 28.8. The molecular formula is C27H27F3N4O6. The number of rotatable bonds is 6. The minimum Gasteiger partial charge on any atom is -0.497 e. The van der Waals surface area contributed by atoms with E-state index >= 15 is 0 Å². The van der Waals surface area contributed by atoms with Crippen LogP contribution in [0.4, 0.5) is 24.5 Å². The van der Waals surface area contributed by atoms with Crippen LogP contribution in [-0.2, 0) is 17.4 Å². The summed E-state index contributed by atoms with van der Waals surface area (Å²) in [6.07, 6.45) is -4.82. The van der Waals surface area contributed by atoms with Crippen molar-refractivity contribution in [1.29, 1.82) is 0 Å². The average molecular weight is 561 g/mol. The normalized spacial score (nSPS) is 16.8. The first kappa shape index (κ1) is 27.5. The first-order valence-electron chi connectivity index (χ1n) is 12.5. The lowest BCUT2D eigenvalue weighted by molar-refractivity contribution is -0.137. The van der Waals surface area contributed by atoms with Crippen molar-refractivity contribution in [3.63, 3.8) is 0 Å². The summed E-state index contributed by atoms with van der Waals surface area (Å²) in [5, 5.41) is 23.9. The number of hydrogen-bond donors (Lipinski definition) is 2. The Bertz CT molecular complexity index is 1500. The third-order valence-electron chi connectivity index (χ3n) is 7.13. The van der Waals surface area contributed by atoms with Gasteiger partial charge >= 0.3 is 6.18 Å². The molecule has 1 fully saturated rings. The lowest BCUT2D eigenvalue weighted by atomic mass is 10.0. The van der Waals surface area contributed by atoms with Crippen LogP contribution in [0.1, 0.15) is 17.5 Å². The van der Waals surface area contributed by atoms with Gasteiger partial charge in [-0.05, 0) is 43.2 Å². The van der Waals surface area contributed by atoms with Crippen molar-refractivity contribution >= 4 is 17.3 Å². The van der Waals surface area contributed by atoms with Crippen molar-refractivity contribution in [2.45, 2.75) is 25.1 Å². The Hall–Kier alpha value is -4.10. The second kappa shape index (κ2) is 10.5. The largest absolute Gasteiger partial charge is 0.497 e. The number of anilines is 2. The van der Waals surface area contributed by atoms with Gasteiger partial charge in [0.2, 0.25) is 0 Å². The maximum atomic E-state index is 14.3. The first-order chi connectivity index (χ1) is 19.0. The van der Waals surface area contributed by atoms with Crippen molar-refractivity contribution in [3.8, 4) is 28.4 Å². The summed E-state index contributed by atoms with van der Waals surface area (Å²) in [6.45, 7) is -0.192. The number of benzene rings is 2. The highest BCUT2D eigenvalue weighted by molar-refractivity contribution is 5.97. The van der Waals surface area contributed by atoms with E-state index in [2.05, 4.69) is 5.10 Å². The van der Waals surface area contributed by atoms with Crippen LogP contribution in [-0.4, -0.2) is 72.5 Å². The molecule has 40 heavy (non-hydrogen) atoms. The number of carbonyl (C=O) groups is 1. The van der Waals surface area contributed by atoms with E-state index in [-0.39, 0.29) is 30.9 Å². The summed E-state index contributed by atoms with van der Waals surface area (Å²) in [5.41, 5.74) is -1.43. The van der Waals surface area contributed by atoms with Crippen LogP contribution in [0.15, 0.2) is 41.2 Å². The Balaban J connectivity index is 1.81. The molecule has 5 rings (SSSR count). The number of β-amino-alcohol motifs (C(OH)–C–C–N with tert-alkyl or cyclic N) is 1. The molecular weight excluding hydrogens is 533 g/mol. The van der Waals surface area contributed by atoms with Gasteiger partial charge in [-0.15, -0.1) is 0 Å². The molecule has 2 aromatic carbocycles. The van der Waals surface area contributed by atoms with E-state index in [4.69, 9.17) is 9.47 Å². The average Bonchev–Trinajstić information content (AvgIpc) is 3.59. The Morgan fingerprint density at radius 2 is 1.80 bits per heavy atom. The van der Waals surface area contributed by atoms with Crippen LogP contribution in [0.2, 0.25) is 0 Å². The molecule has 2 N–H and O–H groups in total. The SMILES string of the molecule is COc1cc(OC)cc(-c2nn(-c3cc(N4CC[C@H](O)C4)ccc3C(F)(F)F)c(=O)c3c2CCN3C(=O)CO)c1. The molecule has 2 aliphatic rings. The van der Waals surface area contributed by atoms with Crippen molar-refractivity contribution in [2.75, 3.05) is 50.3 Å². The molecule has 3 heterocycles. The highest BCUT2D eigenvalue weighted by Gasteiger charge is 2.38. The molecule has 212 valence electrons. The topological polar surface area (TPSA) is 117 Å². The van der Waals surface area contributed by atoms with E-state index in [1.807, 2.05) is 0 Å². The molecule has 0 spiro atoms. The third-order valence-corrected chi connectivity index (χ3v) is 7.13. The summed E-state index contributed by atoms with van der Waals surface area (Å²) >= 11 is 0. The molecule has 1 atom stereocenters. The number of alkyl halides is 3. The van der Waals surface area contributed by atoms with Crippen molar-refractivity contribution in [1.82, 2.24) is 9.78 Å².